The Morgan fingerprint density at radius 1 is 1.29 bits per heavy atom. The summed E-state index contributed by atoms with van der Waals surface area (Å²) in [7, 11) is 1.60. The van der Waals surface area contributed by atoms with E-state index in [1.54, 1.807) is 7.11 Å². The van der Waals surface area contributed by atoms with E-state index >= 15 is 0 Å². The highest BCUT2D eigenvalue weighted by Gasteiger charge is 2.56. The van der Waals surface area contributed by atoms with E-state index in [4.69, 9.17) is 9.47 Å². The van der Waals surface area contributed by atoms with Crippen LogP contribution < -0.4 is 14.8 Å². The van der Waals surface area contributed by atoms with Crippen LogP contribution in [0.4, 0.5) is 0 Å². The highest BCUT2D eigenvalue weighted by molar-refractivity contribution is 6.04. The molecule has 1 aromatic carbocycles. The molecule has 2 fully saturated rings. The van der Waals surface area contributed by atoms with Crippen molar-refractivity contribution in [2.24, 2.45) is 5.41 Å². The molecule has 6 heteroatoms. The van der Waals surface area contributed by atoms with Crippen LogP contribution in [0, 0.1) is 5.41 Å². The van der Waals surface area contributed by atoms with E-state index < -0.39 is 17.3 Å². The van der Waals surface area contributed by atoms with E-state index in [0.717, 1.165) is 18.4 Å². The standard InChI is InChI=1S/C18H23NO5/c1-23-14-7-6-12(15(10-14)24-13-4-2-3-5-13)11-19-16(20)18(8-9-18)17(21)22/h6-7,10,13H,2-5,8-9,11H2,1H3,(H,19,20)(H,21,22). The number of amides is 1. The first-order valence-corrected chi connectivity index (χ1v) is 8.40. The molecule has 0 atom stereocenters. The minimum Gasteiger partial charge on any atom is -0.497 e. The molecule has 0 heterocycles. The maximum atomic E-state index is 12.2. The van der Waals surface area contributed by atoms with Gasteiger partial charge in [0.25, 0.3) is 0 Å². The molecular weight excluding hydrogens is 310 g/mol. The number of benzene rings is 1. The lowest BCUT2D eigenvalue weighted by atomic mass is 10.1. The van der Waals surface area contributed by atoms with Gasteiger partial charge in [-0.25, -0.2) is 0 Å². The molecule has 24 heavy (non-hydrogen) atoms. The minimum absolute atomic E-state index is 0.195. The molecule has 2 aliphatic rings. The van der Waals surface area contributed by atoms with Crippen molar-refractivity contribution in [3.8, 4) is 11.5 Å². The van der Waals surface area contributed by atoms with Gasteiger partial charge in [0.2, 0.25) is 5.91 Å². The number of carboxylic acid groups (broad SMARTS) is 1. The lowest BCUT2D eigenvalue weighted by Crippen LogP contribution is -2.36. The summed E-state index contributed by atoms with van der Waals surface area (Å²) >= 11 is 0. The quantitative estimate of drug-likeness (QED) is 0.749. The summed E-state index contributed by atoms with van der Waals surface area (Å²) in [5.74, 6) is -0.0706. The Bertz CT molecular complexity index is 632. The van der Waals surface area contributed by atoms with Crippen molar-refractivity contribution < 1.29 is 24.2 Å². The summed E-state index contributed by atoms with van der Waals surface area (Å²) < 4.78 is 11.3. The summed E-state index contributed by atoms with van der Waals surface area (Å²) in [6.07, 6.45) is 5.41. The van der Waals surface area contributed by atoms with Crippen LogP contribution in [0.1, 0.15) is 44.1 Å². The molecule has 6 nitrogen and oxygen atoms in total. The number of carboxylic acids is 1. The van der Waals surface area contributed by atoms with Crippen LogP contribution in [0.5, 0.6) is 11.5 Å². The second-order valence-electron chi connectivity index (χ2n) is 6.57. The smallest absolute Gasteiger partial charge is 0.319 e. The number of methoxy groups -OCH3 is 1. The first-order valence-electron chi connectivity index (χ1n) is 8.40. The summed E-state index contributed by atoms with van der Waals surface area (Å²) in [5.41, 5.74) is -0.392. The second kappa shape index (κ2) is 6.71. The zero-order chi connectivity index (χ0) is 17.2. The zero-order valence-corrected chi connectivity index (χ0v) is 13.8. The van der Waals surface area contributed by atoms with Gasteiger partial charge in [0.1, 0.15) is 16.9 Å². The number of aliphatic carboxylic acids is 1. The Labute approximate surface area is 141 Å². The van der Waals surface area contributed by atoms with E-state index in [1.165, 1.54) is 12.8 Å². The van der Waals surface area contributed by atoms with Crippen LogP contribution in [0.15, 0.2) is 18.2 Å². The van der Waals surface area contributed by atoms with Gasteiger partial charge >= 0.3 is 5.97 Å². The van der Waals surface area contributed by atoms with Crippen molar-refractivity contribution in [2.75, 3.05) is 7.11 Å². The van der Waals surface area contributed by atoms with E-state index in [-0.39, 0.29) is 12.6 Å². The van der Waals surface area contributed by atoms with Crippen LogP contribution >= 0.6 is 0 Å². The van der Waals surface area contributed by atoms with Gasteiger partial charge in [-0.15, -0.1) is 0 Å². The Balaban J connectivity index is 1.69. The molecule has 1 aromatic rings. The average molecular weight is 333 g/mol. The number of hydrogen-bond acceptors (Lipinski definition) is 4. The lowest BCUT2D eigenvalue weighted by molar-refractivity contribution is -0.149. The molecule has 0 aliphatic heterocycles. The van der Waals surface area contributed by atoms with Crippen molar-refractivity contribution in [3.05, 3.63) is 23.8 Å². The van der Waals surface area contributed by atoms with E-state index in [9.17, 15) is 14.7 Å². The largest absolute Gasteiger partial charge is 0.497 e. The molecule has 0 bridgehead atoms. The first-order chi connectivity index (χ1) is 11.5. The number of rotatable bonds is 7. The SMILES string of the molecule is COc1ccc(CNC(=O)C2(C(=O)O)CC2)c(OC2CCCC2)c1. The number of ether oxygens (including phenoxy) is 2. The molecule has 0 aromatic heterocycles. The molecule has 130 valence electrons. The second-order valence-corrected chi connectivity index (χ2v) is 6.57. The number of nitrogens with one attached hydrogen (secondary N) is 1. The Morgan fingerprint density at radius 2 is 2.00 bits per heavy atom. The normalized spacial score (nSPS) is 18.9. The summed E-state index contributed by atoms with van der Waals surface area (Å²) in [6, 6.07) is 5.49. The van der Waals surface area contributed by atoms with Gasteiger partial charge in [-0.1, -0.05) is 0 Å². The maximum absolute atomic E-state index is 12.2. The molecule has 2 saturated carbocycles. The lowest BCUT2D eigenvalue weighted by Gasteiger charge is -2.18. The molecule has 0 spiro atoms. The first kappa shape index (κ1) is 16.6. The van der Waals surface area contributed by atoms with E-state index in [1.807, 2.05) is 18.2 Å². The monoisotopic (exact) mass is 333 g/mol. The molecular formula is C18H23NO5. The van der Waals surface area contributed by atoms with Crippen LogP contribution in [0.2, 0.25) is 0 Å². The molecule has 2 aliphatic carbocycles. The molecule has 2 N–H and O–H groups in total. The van der Waals surface area contributed by atoms with Crippen molar-refractivity contribution >= 4 is 11.9 Å². The molecule has 0 unspecified atom stereocenters. The van der Waals surface area contributed by atoms with Crippen LogP contribution in [-0.2, 0) is 16.1 Å². The van der Waals surface area contributed by atoms with E-state index in [2.05, 4.69) is 5.32 Å². The molecule has 0 radical (unpaired) electrons. The predicted octanol–water partition coefficient (Wildman–Crippen LogP) is 2.50. The van der Waals surface area contributed by atoms with Crippen LogP contribution in [-0.4, -0.2) is 30.2 Å². The molecule has 0 saturated heterocycles. The number of carbonyl (C=O) groups excluding carboxylic acids is 1. The van der Waals surface area contributed by atoms with Gasteiger partial charge in [0.05, 0.1) is 13.2 Å². The Hall–Kier alpha value is -2.24. The third-order valence-electron chi connectivity index (χ3n) is 4.90. The van der Waals surface area contributed by atoms with Gasteiger partial charge in [-0.2, -0.15) is 0 Å². The highest BCUT2D eigenvalue weighted by atomic mass is 16.5. The zero-order valence-electron chi connectivity index (χ0n) is 13.8. The fraction of sp³-hybridized carbons (Fsp3) is 0.556. The van der Waals surface area contributed by atoms with Crippen LogP contribution in [0.3, 0.4) is 0 Å². The van der Waals surface area contributed by atoms with Gasteiger partial charge in [0, 0.05) is 18.2 Å². The fourth-order valence-corrected chi connectivity index (χ4v) is 3.11. The summed E-state index contributed by atoms with van der Waals surface area (Å²) in [4.78, 5) is 23.4. The summed E-state index contributed by atoms with van der Waals surface area (Å²) in [6.45, 7) is 0.250. The van der Waals surface area contributed by atoms with Gasteiger partial charge in [0.15, 0.2) is 0 Å². The molecule has 3 rings (SSSR count). The van der Waals surface area contributed by atoms with Crippen LogP contribution in [0.25, 0.3) is 0 Å². The Morgan fingerprint density at radius 3 is 2.58 bits per heavy atom. The van der Waals surface area contributed by atoms with Crippen molar-refractivity contribution in [3.63, 3.8) is 0 Å². The topological polar surface area (TPSA) is 84.9 Å². The summed E-state index contributed by atoms with van der Waals surface area (Å²) in [5, 5.41) is 11.9. The minimum atomic E-state index is -1.22. The van der Waals surface area contributed by atoms with Crippen molar-refractivity contribution in [1.29, 1.82) is 0 Å². The highest BCUT2D eigenvalue weighted by Crippen LogP contribution is 2.46. The fourth-order valence-electron chi connectivity index (χ4n) is 3.11. The predicted molar refractivity (Wildman–Crippen MR) is 87.0 cm³/mol. The maximum Gasteiger partial charge on any atom is 0.319 e. The third-order valence-corrected chi connectivity index (χ3v) is 4.90. The number of carbonyl (C=O) groups is 2. The average Bonchev–Trinajstić information content (AvgIpc) is 3.25. The number of hydrogen-bond donors (Lipinski definition) is 2. The Kier molecular flexibility index (Phi) is 4.64. The van der Waals surface area contributed by atoms with Gasteiger partial charge in [-0.05, 0) is 50.7 Å². The molecule has 1 amide bonds. The van der Waals surface area contributed by atoms with Crippen molar-refractivity contribution in [1.82, 2.24) is 5.32 Å². The van der Waals surface area contributed by atoms with Gasteiger partial charge in [-0.3, -0.25) is 9.59 Å². The van der Waals surface area contributed by atoms with Gasteiger partial charge < -0.3 is 19.9 Å². The van der Waals surface area contributed by atoms with Crippen molar-refractivity contribution in [2.45, 2.75) is 51.2 Å². The third kappa shape index (κ3) is 3.32. The van der Waals surface area contributed by atoms with E-state index in [0.29, 0.717) is 24.3 Å².